The van der Waals surface area contributed by atoms with Gasteiger partial charge in [0.15, 0.2) is 17.5 Å². The van der Waals surface area contributed by atoms with Gasteiger partial charge >= 0.3 is 0 Å². The summed E-state index contributed by atoms with van der Waals surface area (Å²) in [6.45, 7) is 5.42. The van der Waals surface area contributed by atoms with Crippen LogP contribution in [0.4, 0.5) is 4.39 Å². The van der Waals surface area contributed by atoms with Crippen LogP contribution in [-0.2, 0) is 6.54 Å². The van der Waals surface area contributed by atoms with Crippen LogP contribution >= 0.6 is 11.8 Å². The maximum Gasteiger partial charge on any atom is 0.191 e. The largest absolute Gasteiger partial charge is 0.505 e. The highest BCUT2D eigenvalue weighted by Gasteiger charge is 2.22. The third kappa shape index (κ3) is 5.89. The first-order chi connectivity index (χ1) is 11.6. The number of benzene rings is 1. The average Bonchev–Trinajstić information content (AvgIpc) is 2.56. The standard InChI is InChI=1S/C18H28FN3OS/c1-3-20-18(21-12-13-8-9-17(23)16(19)10-13)22-14-6-5-7-15(11-14)24-4-2/h8-10,14-15,23H,3-7,11-12H2,1-2H3,(H2,20,21,22). The molecule has 2 unspecified atom stereocenters. The first kappa shape index (κ1) is 18.9. The number of thioether (sulfide) groups is 1. The molecule has 1 aliphatic rings. The van der Waals surface area contributed by atoms with Crippen molar-refractivity contribution in [3.63, 3.8) is 0 Å². The number of guanidine groups is 1. The molecule has 2 atom stereocenters. The fourth-order valence-corrected chi connectivity index (χ4v) is 4.17. The lowest BCUT2D eigenvalue weighted by Gasteiger charge is -2.30. The van der Waals surface area contributed by atoms with E-state index in [4.69, 9.17) is 0 Å². The lowest BCUT2D eigenvalue weighted by atomic mass is 9.95. The number of phenols is 1. The van der Waals surface area contributed by atoms with E-state index in [1.165, 1.54) is 31.4 Å². The van der Waals surface area contributed by atoms with Gasteiger partial charge in [-0.05, 0) is 49.6 Å². The van der Waals surface area contributed by atoms with Gasteiger partial charge in [-0.1, -0.05) is 19.4 Å². The van der Waals surface area contributed by atoms with Crippen LogP contribution in [0, 0.1) is 5.82 Å². The van der Waals surface area contributed by atoms with E-state index in [0.717, 1.165) is 35.5 Å². The number of rotatable bonds is 6. The Morgan fingerprint density at radius 1 is 1.38 bits per heavy atom. The zero-order valence-corrected chi connectivity index (χ0v) is 15.3. The number of halogens is 1. The molecule has 3 N–H and O–H groups in total. The molecule has 24 heavy (non-hydrogen) atoms. The maximum atomic E-state index is 13.4. The molecule has 0 heterocycles. The number of nitrogens with one attached hydrogen (secondary N) is 2. The summed E-state index contributed by atoms with van der Waals surface area (Å²) in [4.78, 5) is 4.56. The molecular weight excluding hydrogens is 325 g/mol. The van der Waals surface area contributed by atoms with Gasteiger partial charge in [-0.15, -0.1) is 0 Å². The number of aliphatic imine (C=N–C) groups is 1. The molecule has 0 spiro atoms. The van der Waals surface area contributed by atoms with Crippen molar-refractivity contribution < 1.29 is 9.50 Å². The summed E-state index contributed by atoms with van der Waals surface area (Å²) >= 11 is 2.04. The summed E-state index contributed by atoms with van der Waals surface area (Å²) < 4.78 is 13.4. The van der Waals surface area contributed by atoms with Crippen LogP contribution < -0.4 is 10.6 Å². The Kier molecular flexibility index (Phi) is 7.69. The summed E-state index contributed by atoms with van der Waals surface area (Å²) in [6, 6.07) is 4.84. The van der Waals surface area contributed by atoms with E-state index in [-0.39, 0.29) is 5.75 Å². The van der Waals surface area contributed by atoms with Crippen molar-refractivity contribution >= 4 is 17.7 Å². The Labute approximate surface area is 148 Å². The lowest BCUT2D eigenvalue weighted by molar-refractivity contribution is 0.419. The van der Waals surface area contributed by atoms with Crippen LogP contribution in [-0.4, -0.2) is 34.7 Å². The van der Waals surface area contributed by atoms with Crippen molar-refractivity contribution in [3.8, 4) is 5.75 Å². The van der Waals surface area contributed by atoms with Gasteiger partial charge in [0.25, 0.3) is 0 Å². The summed E-state index contributed by atoms with van der Waals surface area (Å²) in [6.07, 6.45) is 4.88. The highest BCUT2D eigenvalue weighted by atomic mass is 32.2. The average molecular weight is 354 g/mol. The molecule has 6 heteroatoms. The topological polar surface area (TPSA) is 56.7 Å². The van der Waals surface area contributed by atoms with Crippen molar-refractivity contribution in [2.45, 2.75) is 57.4 Å². The van der Waals surface area contributed by atoms with Crippen LogP contribution in [0.15, 0.2) is 23.2 Å². The van der Waals surface area contributed by atoms with Crippen LogP contribution in [0.2, 0.25) is 0 Å². The SMILES string of the molecule is CCNC(=NCc1ccc(O)c(F)c1)NC1CCCC(SCC)C1. The maximum absolute atomic E-state index is 13.4. The van der Waals surface area contributed by atoms with Crippen LogP contribution in [0.1, 0.15) is 45.1 Å². The van der Waals surface area contributed by atoms with Crippen LogP contribution in [0.25, 0.3) is 0 Å². The number of nitrogens with zero attached hydrogens (tertiary/aromatic N) is 1. The molecule has 1 fully saturated rings. The highest BCUT2D eigenvalue weighted by Crippen LogP contribution is 2.28. The Morgan fingerprint density at radius 2 is 2.21 bits per heavy atom. The second-order valence-electron chi connectivity index (χ2n) is 6.07. The quantitative estimate of drug-likeness (QED) is 0.540. The first-order valence-electron chi connectivity index (χ1n) is 8.76. The van der Waals surface area contributed by atoms with Crippen LogP contribution in [0.5, 0.6) is 5.75 Å². The highest BCUT2D eigenvalue weighted by molar-refractivity contribution is 7.99. The number of phenolic OH excluding ortho intramolecular Hbond substituents is 1. The van der Waals surface area contributed by atoms with Gasteiger partial charge in [0.05, 0.1) is 6.54 Å². The Bertz CT molecular complexity index is 551. The monoisotopic (exact) mass is 353 g/mol. The van der Waals surface area contributed by atoms with Gasteiger partial charge in [-0.2, -0.15) is 11.8 Å². The molecule has 134 valence electrons. The van der Waals surface area contributed by atoms with E-state index in [2.05, 4.69) is 22.5 Å². The summed E-state index contributed by atoms with van der Waals surface area (Å²) in [5.74, 6) is 1.01. The van der Waals surface area contributed by atoms with Crippen molar-refractivity contribution in [1.82, 2.24) is 10.6 Å². The molecule has 1 saturated carbocycles. The Balaban J connectivity index is 1.95. The van der Waals surface area contributed by atoms with Crippen LogP contribution in [0.3, 0.4) is 0 Å². The zero-order chi connectivity index (χ0) is 17.4. The molecule has 1 aromatic carbocycles. The van der Waals surface area contributed by atoms with Gasteiger partial charge < -0.3 is 15.7 Å². The number of aromatic hydroxyl groups is 1. The first-order valence-corrected chi connectivity index (χ1v) is 9.81. The Hall–Kier alpha value is -1.43. The van der Waals surface area contributed by atoms with Crippen molar-refractivity contribution in [2.24, 2.45) is 4.99 Å². The summed E-state index contributed by atoms with van der Waals surface area (Å²) in [5.41, 5.74) is 0.741. The van der Waals surface area contributed by atoms with E-state index in [1.807, 2.05) is 18.7 Å². The second-order valence-corrected chi connectivity index (χ2v) is 7.64. The normalized spacial score (nSPS) is 21.5. The van der Waals surface area contributed by atoms with Gasteiger partial charge in [-0.25, -0.2) is 9.38 Å². The molecule has 0 aliphatic heterocycles. The van der Waals surface area contributed by atoms with Gasteiger partial charge in [0.2, 0.25) is 0 Å². The lowest BCUT2D eigenvalue weighted by Crippen LogP contribution is -2.45. The third-order valence-corrected chi connectivity index (χ3v) is 5.38. The van der Waals surface area contributed by atoms with Crippen molar-refractivity contribution in [1.29, 1.82) is 0 Å². The van der Waals surface area contributed by atoms with E-state index >= 15 is 0 Å². The summed E-state index contributed by atoms with van der Waals surface area (Å²) in [5, 5.41) is 16.8. The van der Waals surface area contributed by atoms with Gasteiger partial charge in [0.1, 0.15) is 0 Å². The predicted octanol–water partition coefficient (Wildman–Crippen LogP) is 3.65. The molecule has 0 bridgehead atoms. The van der Waals surface area contributed by atoms with E-state index in [0.29, 0.717) is 12.6 Å². The fourth-order valence-electron chi connectivity index (χ4n) is 3.00. The molecule has 0 radical (unpaired) electrons. The Morgan fingerprint density at radius 3 is 2.92 bits per heavy atom. The minimum absolute atomic E-state index is 0.325. The second kappa shape index (κ2) is 9.77. The molecule has 1 aromatic rings. The molecule has 0 aromatic heterocycles. The van der Waals surface area contributed by atoms with E-state index in [1.54, 1.807) is 6.07 Å². The van der Waals surface area contributed by atoms with E-state index < -0.39 is 5.82 Å². The molecule has 4 nitrogen and oxygen atoms in total. The molecule has 1 aliphatic carbocycles. The minimum Gasteiger partial charge on any atom is -0.505 e. The van der Waals surface area contributed by atoms with Gasteiger partial charge in [-0.3, -0.25) is 0 Å². The summed E-state index contributed by atoms with van der Waals surface area (Å²) in [7, 11) is 0. The molecule has 0 saturated heterocycles. The molecule has 2 rings (SSSR count). The zero-order valence-electron chi connectivity index (χ0n) is 14.5. The van der Waals surface area contributed by atoms with Crippen molar-refractivity contribution in [3.05, 3.63) is 29.6 Å². The van der Waals surface area contributed by atoms with E-state index in [9.17, 15) is 9.50 Å². The molecule has 0 amide bonds. The minimum atomic E-state index is -0.604. The predicted molar refractivity (Wildman–Crippen MR) is 100 cm³/mol. The number of hydrogen-bond donors (Lipinski definition) is 3. The third-order valence-electron chi connectivity index (χ3n) is 4.15. The van der Waals surface area contributed by atoms with Gasteiger partial charge in [0, 0.05) is 17.8 Å². The smallest absolute Gasteiger partial charge is 0.191 e. The molecular formula is C18H28FN3OS. The van der Waals surface area contributed by atoms with Crippen molar-refractivity contribution in [2.75, 3.05) is 12.3 Å². The fraction of sp³-hybridized carbons (Fsp3) is 0.611. The number of hydrogen-bond acceptors (Lipinski definition) is 3.